The fourth-order valence-corrected chi connectivity index (χ4v) is 4.11. The Balaban J connectivity index is 2.06. The Morgan fingerprint density at radius 1 is 1.50 bits per heavy atom. The van der Waals surface area contributed by atoms with Gasteiger partial charge < -0.3 is 16.2 Å². The first-order chi connectivity index (χ1) is 9.52. The highest BCUT2D eigenvalue weighted by atomic mass is 32.2. The summed E-state index contributed by atoms with van der Waals surface area (Å²) >= 11 is 2.83. The Morgan fingerprint density at radius 2 is 2.25 bits per heavy atom. The Hall–Kier alpha value is -1.05. The van der Waals surface area contributed by atoms with Gasteiger partial charge in [0.15, 0.2) is 0 Å². The number of carbonyl (C=O) groups excluding carboxylic acids is 2. The van der Waals surface area contributed by atoms with Gasteiger partial charge in [0.2, 0.25) is 5.91 Å². The largest absolute Gasteiger partial charge is 0.395 e. The molecule has 1 atom stereocenters. The van der Waals surface area contributed by atoms with Gasteiger partial charge in [0.05, 0.1) is 17.9 Å². The molecular formula is C13H18N2O3S2. The van der Waals surface area contributed by atoms with Gasteiger partial charge in [-0.15, -0.1) is 23.1 Å². The normalized spacial score (nSPS) is 14.9. The molecule has 0 fully saturated rings. The lowest BCUT2D eigenvalue weighted by atomic mass is 10.1. The van der Waals surface area contributed by atoms with Gasteiger partial charge in [-0.1, -0.05) is 6.92 Å². The maximum absolute atomic E-state index is 11.9. The number of amides is 2. The van der Waals surface area contributed by atoms with Crippen molar-refractivity contribution in [3.63, 3.8) is 0 Å². The molecule has 0 aliphatic heterocycles. The van der Waals surface area contributed by atoms with Gasteiger partial charge in [-0.05, 0) is 24.8 Å². The van der Waals surface area contributed by atoms with Crippen LogP contribution in [0.25, 0.3) is 0 Å². The molecule has 0 saturated heterocycles. The number of rotatable bonds is 6. The van der Waals surface area contributed by atoms with Gasteiger partial charge in [-0.2, -0.15) is 0 Å². The average molecular weight is 314 g/mol. The summed E-state index contributed by atoms with van der Waals surface area (Å²) in [7, 11) is 0. The first-order valence-corrected chi connectivity index (χ1v) is 8.36. The second-order valence-corrected chi connectivity index (χ2v) is 7.31. The Labute approximate surface area is 125 Å². The fourth-order valence-electron chi connectivity index (χ4n) is 2.19. The van der Waals surface area contributed by atoms with Crippen LogP contribution in [0.15, 0.2) is 0 Å². The third-order valence-electron chi connectivity index (χ3n) is 3.18. The molecule has 1 aromatic heterocycles. The highest BCUT2D eigenvalue weighted by molar-refractivity contribution is 8.00. The SMILES string of the molecule is CC(CO)SCC(=O)Nc1sc2c(c1C(N)=O)CCC2. The number of primary amides is 1. The van der Waals surface area contributed by atoms with Gasteiger partial charge in [0.25, 0.3) is 5.91 Å². The van der Waals surface area contributed by atoms with Crippen molar-refractivity contribution in [2.45, 2.75) is 31.4 Å². The van der Waals surface area contributed by atoms with E-state index in [2.05, 4.69) is 5.32 Å². The van der Waals surface area contributed by atoms with Crippen molar-refractivity contribution in [1.82, 2.24) is 0 Å². The van der Waals surface area contributed by atoms with E-state index in [4.69, 9.17) is 10.8 Å². The monoisotopic (exact) mass is 314 g/mol. The highest BCUT2D eigenvalue weighted by Crippen LogP contribution is 2.38. The van der Waals surface area contributed by atoms with E-state index in [0.29, 0.717) is 10.6 Å². The maximum atomic E-state index is 11.9. The number of fused-ring (bicyclic) bond motifs is 1. The third-order valence-corrected chi connectivity index (χ3v) is 5.53. The molecule has 0 spiro atoms. The van der Waals surface area contributed by atoms with Crippen molar-refractivity contribution >= 4 is 39.9 Å². The lowest BCUT2D eigenvalue weighted by Gasteiger charge is -2.08. The number of hydrogen-bond acceptors (Lipinski definition) is 5. The van der Waals surface area contributed by atoms with Crippen LogP contribution in [0.3, 0.4) is 0 Å². The van der Waals surface area contributed by atoms with Crippen LogP contribution in [0.5, 0.6) is 0 Å². The van der Waals surface area contributed by atoms with Gasteiger partial charge in [-0.3, -0.25) is 9.59 Å². The van der Waals surface area contributed by atoms with Crippen LogP contribution in [0.4, 0.5) is 5.00 Å². The van der Waals surface area contributed by atoms with E-state index in [1.807, 2.05) is 6.92 Å². The maximum Gasteiger partial charge on any atom is 0.251 e. The number of thiophene rings is 1. The van der Waals surface area contributed by atoms with Crippen molar-refractivity contribution < 1.29 is 14.7 Å². The number of aliphatic hydroxyl groups excluding tert-OH is 1. The van der Waals surface area contributed by atoms with Gasteiger partial charge >= 0.3 is 0 Å². The quantitative estimate of drug-likeness (QED) is 0.740. The average Bonchev–Trinajstić information content (AvgIpc) is 2.95. The molecule has 1 aliphatic carbocycles. The molecule has 0 radical (unpaired) electrons. The Bertz CT molecular complexity index is 528. The Morgan fingerprint density at radius 3 is 2.90 bits per heavy atom. The van der Waals surface area contributed by atoms with Crippen LogP contribution in [0.1, 0.15) is 34.1 Å². The van der Waals surface area contributed by atoms with Crippen LogP contribution in [0, 0.1) is 0 Å². The second kappa shape index (κ2) is 6.60. The first kappa shape index (κ1) is 15.3. The van der Waals surface area contributed by atoms with E-state index in [0.717, 1.165) is 29.7 Å². The van der Waals surface area contributed by atoms with E-state index in [9.17, 15) is 9.59 Å². The number of nitrogens with two attached hydrogens (primary N) is 1. The van der Waals surface area contributed by atoms with Crippen LogP contribution in [0.2, 0.25) is 0 Å². The zero-order valence-corrected chi connectivity index (χ0v) is 12.9. The number of nitrogens with one attached hydrogen (secondary N) is 1. The van der Waals surface area contributed by atoms with Crippen molar-refractivity contribution in [2.75, 3.05) is 17.7 Å². The summed E-state index contributed by atoms with van der Waals surface area (Å²) in [4.78, 5) is 24.6. The zero-order chi connectivity index (χ0) is 14.7. The number of carbonyl (C=O) groups is 2. The molecular weight excluding hydrogens is 296 g/mol. The third kappa shape index (κ3) is 3.34. The second-order valence-electron chi connectivity index (χ2n) is 4.78. The van der Waals surface area contributed by atoms with Gasteiger partial charge in [-0.25, -0.2) is 0 Å². The number of aliphatic hydroxyl groups is 1. The van der Waals surface area contributed by atoms with Crippen LogP contribution in [-0.2, 0) is 17.6 Å². The summed E-state index contributed by atoms with van der Waals surface area (Å²) in [6.07, 6.45) is 2.85. The molecule has 4 N–H and O–H groups in total. The summed E-state index contributed by atoms with van der Waals surface area (Å²) in [6, 6.07) is 0. The molecule has 0 aromatic carbocycles. The zero-order valence-electron chi connectivity index (χ0n) is 11.3. The van der Waals surface area contributed by atoms with E-state index >= 15 is 0 Å². The van der Waals surface area contributed by atoms with Crippen molar-refractivity contribution in [1.29, 1.82) is 0 Å². The molecule has 1 aromatic rings. The molecule has 0 saturated carbocycles. The molecule has 110 valence electrons. The number of thioether (sulfide) groups is 1. The summed E-state index contributed by atoms with van der Waals surface area (Å²) in [5.74, 6) is -0.392. The topological polar surface area (TPSA) is 92.4 Å². The first-order valence-electron chi connectivity index (χ1n) is 6.49. The van der Waals surface area contributed by atoms with Crippen LogP contribution >= 0.6 is 23.1 Å². The molecule has 20 heavy (non-hydrogen) atoms. The summed E-state index contributed by atoms with van der Waals surface area (Å²) in [5, 5.41) is 12.3. The highest BCUT2D eigenvalue weighted by Gasteiger charge is 2.26. The van der Waals surface area contributed by atoms with Crippen molar-refractivity contribution in [3.05, 3.63) is 16.0 Å². The number of hydrogen-bond donors (Lipinski definition) is 3. The Kier molecular flexibility index (Phi) is 5.06. The summed E-state index contributed by atoms with van der Waals surface area (Å²) < 4.78 is 0. The number of anilines is 1. The summed E-state index contributed by atoms with van der Waals surface area (Å²) in [6.45, 7) is 1.89. The number of aryl methyl sites for hydroxylation is 1. The standard InChI is InChI=1S/C13H18N2O3S2/c1-7(5-16)19-6-10(17)15-13-11(12(14)18)8-3-2-4-9(8)20-13/h7,16H,2-6H2,1H3,(H2,14,18)(H,15,17). The van der Waals surface area contributed by atoms with E-state index in [1.54, 1.807) is 0 Å². The fraction of sp³-hybridized carbons (Fsp3) is 0.538. The molecule has 2 rings (SSSR count). The lowest BCUT2D eigenvalue weighted by molar-refractivity contribution is -0.113. The van der Waals surface area contributed by atoms with Crippen molar-refractivity contribution in [2.24, 2.45) is 5.73 Å². The van der Waals surface area contributed by atoms with Gasteiger partial charge in [0.1, 0.15) is 5.00 Å². The summed E-state index contributed by atoms with van der Waals surface area (Å²) in [5.41, 5.74) is 6.92. The minimum absolute atomic E-state index is 0.0182. The van der Waals surface area contributed by atoms with E-state index in [1.165, 1.54) is 23.1 Å². The smallest absolute Gasteiger partial charge is 0.251 e. The minimum Gasteiger partial charge on any atom is -0.395 e. The van der Waals surface area contributed by atoms with Crippen molar-refractivity contribution in [3.8, 4) is 0 Å². The molecule has 5 nitrogen and oxygen atoms in total. The van der Waals surface area contributed by atoms with E-state index in [-0.39, 0.29) is 23.5 Å². The van der Waals surface area contributed by atoms with E-state index < -0.39 is 5.91 Å². The molecule has 1 heterocycles. The van der Waals surface area contributed by atoms with Gasteiger partial charge in [0, 0.05) is 10.1 Å². The molecule has 2 amide bonds. The predicted molar refractivity (Wildman–Crippen MR) is 82.5 cm³/mol. The molecule has 0 bridgehead atoms. The minimum atomic E-state index is -0.476. The predicted octanol–water partition coefficient (Wildman–Crippen LogP) is 1.39. The molecule has 1 unspecified atom stereocenters. The molecule has 1 aliphatic rings. The van der Waals surface area contributed by atoms with Crippen LogP contribution in [-0.4, -0.2) is 34.5 Å². The van der Waals surface area contributed by atoms with Crippen LogP contribution < -0.4 is 11.1 Å². The lowest BCUT2D eigenvalue weighted by Crippen LogP contribution is -2.20. The molecule has 7 heteroatoms.